The first-order valence-electron chi connectivity index (χ1n) is 7.20. The number of anilines is 1. The van der Waals surface area contributed by atoms with Crippen LogP contribution in [-0.4, -0.2) is 31.2 Å². The minimum Gasteiger partial charge on any atom is -0.325 e. The number of hydrogen-bond donors (Lipinski definition) is 2. The molecule has 0 bridgehead atoms. The molecule has 0 aliphatic heterocycles. The minimum absolute atomic E-state index is 0.0807. The summed E-state index contributed by atoms with van der Waals surface area (Å²) in [5, 5.41) is 10.7. The number of para-hydroxylation sites is 2. The number of carbonyl (C=O) groups is 1. The highest BCUT2D eigenvalue weighted by atomic mass is 79.9. The molecule has 0 radical (unpaired) electrons. The van der Waals surface area contributed by atoms with Gasteiger partial charge in [0, 0.05) is 10.2 Å². The molecule has 4 aromatic rings. The highest BCUT2D eigenvalue weighted by Gasteiger charge is 2.13. The van der Waals surface area contributed by atoms with E-state index in [1.807, 2.05) is 52.9 Å². The molecule has 0 saturated carbocycles. The third-order valence-corrected chi connectivity index (χ3v) is 4.93. The van der Waals surface area contributed by atoms with Gasteiger partial charge in [0.15, 0.2) is 5.16 Å². The molecule has 4 rings (SSSR count). The predicted molar refractivity (Wildman–Crippen MR) is 98.3 cm³/mol. The second-order valence-electron chi connectivity index (χ2n) is 5.11. The number of hydrogen-bond acceptors (Lipinski definition) is 4. The number of aromatic amines is 1. The third-order valence-electron chi connectivity index (χ3n) is 3.46. The molecule has 0 aliphatic rings. The van der Waals surface area contributed by atoms with Gasteiger partial charge in [-0.05, 0) is 36.4 Å². The number of halogens is 1. The van der Waals surface area contributed by atoms with Crippen LogP contribution in [-0.2, 0) is 4.79 Å². The van der Waals surface area contributed by atoms with Gasteiger partial charge in [0.1, 0.15) is 0 Å². The molecule has 0 atom stereocenters. The smallest absolute Gasteiger partial charge is 0.234 e. The molecular formula is C16H12BrN5OS. The number of carbonyl (C=O) groups excluding carboxylic acids is 1. The third kappa shape index (κ3) is 2.90. The largest absolute Gasteiger partial charge is 0.325 e. The number of benzene rings is 2. The lowest BCUT2D eigenvalue weighted by molar-refractivity contribution is -0.113. The molecule has 2 heterocycles. The summed E-state index contributed by atoms with van der Waals surface area (Å²) >= 11 is 4.74. The monoisotopic (exact) mass is 401 g/mol. The lowest BCUT2D eigenvalue weighted by Gasteiger charge is -2.04. The number of H-pyrrole nitrogens is 1. The number of aromatic nitrogens is 4. The SMILES string of the molecule is O=C(CSc1n[nH]c2nc3ccccc3n12)Nc1ccc(Br)cc1. The summed E-state index contributed by atoms with van der Waals surface area (Å²) in [4.78, 5) is 16.6. The maximum Gasteiger partial charge on any atom is 0.234 e. The van der Waals surface area contributed by atoms with Crippen molar-refractivity contribution in [2.75, 3.05) is 11.1 Å². The van der Waals surface area contributed by atoms with Crippen LogP contribution in [0.2, 0.25) is 0 Å². The van der Waals surface area contributed by atoms with Crippen LogP contribution in [0.3, 0.4) is 0 Å². The number of rotatable bonds is 4. The lowest BCUT2D eigenvalue weighted by Crippen LogP contribution is -2.14. The number of nitrogens with one attached hydrogen (secondary N) is 2. The first-order chi connectivity index (χ1) is 11.7. The van der Waals surface area contributed by atoms with Crippen molar-refractivity contribution < 1.29 is 4.79 Å². The summed E-state index contributed by atoms with van der Waals surface area (Å²) in [6.07, 6.45) is 0. The summed E-state index contributed by atoms with van der Waals surface area (Å²) in [6, 6.07) is 15.3. The van der Waals surface area contributed by atoms with Crippen molar-refractivity contribution >= 4 is 56.1 Å². The number of amides is 1. The summed E-state index contributed by atoms with van der Waals surface area (Å²) in [6.45, 7) is 0. The number of nitrogens with zero attached hydrogens (tertiary/aromatic N) is 3. The summed E-state index contributed by atoms with van der Waals surface area (Å²) in [7, 11) is 0. The molecule has 0 unspecified atom stereocenters. The Kier molecular flexibility index (Phi) is 3.99. The maximum absolute atomic E-state index is 12.1. The van der Waals surface area contributed by atoms with Crippen LogP contribution >= 0.6 is 27.7 Å². The van der Waals surface area contributed by atoms with Gasteiger partial charge in [0.05, 0.1) is 16.8 Å². The zero-order valence-corrected chi connectivity index (χ0v) is 14.8. The number of imidazole rings is 1. The molecule has 24 heavy (non-hydrogen) atoms. The summed E-state index contributed by atoms with van der Waals surface area (Å²) < 4.78 is 2.90. The number of fused-ring (bicyclic) bond motifs is 3. The highest BCUT2D eigenvalue weighted by Crippen LogP contribution is 2.23. The van der Waals surface area contributed by atoms with Crippen LogP contribution in [0.1, 0.15) is 0 Å². The van der Waals surface area contributed by atoms with Gasteiger partial charge in [0.2, 0.25) is 11.7 Å². The lowest BCUT2D eigenvalue weighted by atomic mass is 10.3. The topological polar surface area (TPSA) is 75.1 Å². The number of thioether (sulfide) groups is 1. The normalized spacial score (nSPS) is 11.2. The van der Waals surface area contributed by atoms with Crippen molar-refractivity contribution in [1.82, 2.24) is 19.6 Å². The molecule has 2 aromatic carbocycles. The molecular weight excluding hydrogens is 390 g/mol. The first kappa shape index (κ1) is 15.2. The zero-order chi connectivity index (χ0) is 16.5. The van der Waals surface area contributed by atoms with Gasteiger partial charge in [-0.3, -0.25) is 9.20 Å². The second kappa shape index (κ2) is 6.29. The van der Waals surface area contributed by atoms with E-state index in [1.54, 1.807) is 0 Å². The van der Waals surface area contributed by atoms with Crippen molar-refractivity contribution in [2.45, 2.75) is 5.16 Å². The molecule has 8 heteroatoms. The maximum atomic E-state index is 12.1. The molecule has 2 N–H and O–H groups in total. The van der Waals surface area contributed by atoms with E-state index in [9.17, 15) is 4.79 Å². The average molecular weight is 402 g/mol. The van der Waals surface area contributed by atoms with E-state index < -0.39 is 0 Å². The molecule has 120 valence electrons. The Morgan fingerprint density at radius 2 is 2.00 bits per heavy atom. The van der Waals surface area contributed by atoms with Crippen LogP contribution in [0.5, 0.6) is 0 Å². The Bertz CT molecular complexity index is 1020. The Balaban J connectivity index is 1.50. The summed E-state index contributed by atoms with van der Waals surface area (Å²) in [5.41, 5.74) is 2.63. The Morgan fingerprint density at radius 3 is 2.83 bits per heavy atom. The van der Waals surface area contributed by atoms with Gasteiger partial charge in [-0.1, -0.05) is 39.8 Å². The standard InChI is InChI=1S/C16H12BrN5OS/c17-10-5-7-11(8-6-10)18-14(23)9-24-16-21-20-15-19-12-3-1-2-4-13(12)22(15)16/h1-8H,9H2,(H,18,23)(H,19,20). The van der Waals surface area contributed by atoms with Crippen LogP contribution in [0, 0.1) is 0 Å². The quantitative estimate of drug-likeness (QED) is 0.511. The van der Waals surface area contributed by atoms with Crippen LogP contribution in [0.4, 0.5) is 5.69 Å². The van der Waals surface area contributed by atoms with Gasteiger partial charge in [0.25, 0.3) is 0 Å². The van der Waals surface area contributed by atoms with E-state index in [1.165, 1.54) is 11.8 Å². The zero-order valence-electron chi connectivity index (χ0n) is 12.4. The van der Waals surface area contributed by atoms with Crippen molar-refractivity contribution in [3.63, 3.8) is 0 Å². The van der Waals surface area contributed by atoms with E-state index in [-0.39, 0.29) is 11.7 Å². The van der Waals surface area contributed by atoms with Crippen LogP contribution in [0.15, 0.2) is 58.2 Å². The Morgan fingerprint density at radius 1 is 1.21 bits per heavy atom. The van der Waals surface area contributed by atoms with E-state index in [0.717, 1.165) is 21.2 Å². The Labute approximate surface area is 149 Å². The van der Waals surface area contributed by atoms with Crippen molar-refractivity contribution in [3.8, 4) is 0 Å². The molecule has 0 fully saturated rings. The molecule has 6 nitrogen and oxygen atoms in total. The van der Waals surface area contributed by atoms with Crippen LogP contribution in [0.25, 0.3) is 16.8 Å². The van der Waals surface area contributed by atoms with E-state index in [4.69, 9.17) is 0 Å². The fourth-order valence-corrected chi connectivity index (χ4v) is 3.42. The molecule has 0 aliphatic carbocycles. The van der Waals surface area contributed by atoms with Crippen molar-refractivity contribution in [1.29, 1.82) is 0 Å². The molecule has 1 amide bonds. The molecule has 2 aromatic heterocycles. The van der Waals surface area contributed by atoms with Crippen LogP contribution < -0.4 is 5.32 Å². The van der Waals surface area contributed by atoms with Crippen molar-refractivity contribution in [3.05, 3.63) is 53.0 Å². The van der Waals surface area contributed by atoms with Gasteiger partial charge in [-0.2, -0.15) is 0 Å². The average Bonchev–Trinajstić information content (AvgIpc) is 3.14. The second-order valence-corrected chi connectivity index (χ2v) is 6.97. The highest BCUT2D eigenvalue weighted by molar-refractivity contribution is 9.10. The Hall–Kier alpha value is -2.32. The molecule has 0 saturated heterocycles. The summed E-state index contributed by atoms with van der Waals surface area (Å²) in [5.74, 6) is 0.859. The van der Waals surface area contributed by atoms with Crippen molar-refractivity contribution in [2.24, 2.45) is 0 Å². The van der Waals surface area contributed by atoms with Gasteiger partial charge >= 0.3 is 0 Å². The van der Waals surface area contributed by atoms with E-state index >= 15 is 0 Å². The van der Waals surface area contributed by atoms with Gasteiger partial charge in [-0.25, -0.2) is 10.1 Å². The van der Waals surface area contributed by atoms with E-state index in [0.29, 0.717) is 10.9 Å². The molecule has 0 spiro atoms. The fraction of sp³-hybridized carbons (Fsp3) is 0.0625. The van der Waals surface area contributed by atoms with Gasteiger partial charge in [-0.15, -0.1) is 5.10 Å². The fourth-order valence-electron chi connectivity index (χ4n) is 2.40. The van der Waals surface area contributed by atoms with Gasteiger partial charge < -0.3 is 5.32 Å². The van der Waals surface area contributed by atoms with E-state index in [2.05, 4.69) is 36.4 Å². The minimum atomic E-state index is -0.0807. The first-order valence-corrected chi connectivity index (χ1v) is 8.98. The predicted octanol–water partition coefficient (Wildman–Crippen LogP) is 3.70.